The highest BCUT2D eigenvalue weighted by Crippen LogP contribution is 2.33. The summed E-state index contributed by atoms with van der Waals surface area (Å²) in [4.78, 5) is 29.6. The number of likely N-dealkylation sites (N-methyl/N-ethyl adjacent to an activating group) is 1. The van der Waals surface area contributed by atoms with Crippen LogP contribution < -0.4 is 9.80 Å². The van der Waals surface area contributed by atoms with Crippen LogP contribution in [-0.4, -0.2) is 56.9 Å². The van der Waals surface area contributed by atoms with Gasteiger partial charge in [-0.25, -0.2) is 0 Å². The summed E-state index contributed by atoms with van der Waals surface area (Å²) in [5.74, 6) is -0.843. The first kappa shape index (κ1) is 14.1. The number of piperidine rings is 1. The molecule has 0 aromatic heterocycles. The number of carbonyl (C=O) groups excluding carboxylic acids is 2. The summed E-state index contributed by atoms with van der Waals surface area (Å²) in [6, 6.07) is 6.19. The molecule has 2 aliphatic heterocycles. The van der Waals surface area contributed by atoms with E-state index in [0.29, 0.717) is 11.6 Å². The first-order valence-corrected chi connectivity index (χ1v) is 7.37. The lowest BCUT2D eigenvalue weighted by atomic mass is 10.0. The van der Waals surface area contributed by atoms with Crippen LogP contribution in [0.5, 0.6) is 0 Å². The van der Waals surface area contributed by atoms with E-state index >= 15 is 0 Å². The fourth-order valence-corrected chi connectivity index (χ4v) is 3.18. The van der Waals surface area contributed by atoms with E-state index in [4.69, 9.17) is 0 Å². The molecule has 2 aliphatic rings. The van der Waals surface area contributed by atoms with Gasteiger partial charge in [0.1, 0.15) is 0 Å². The van der Waals surface area contributed by atoms with Crippen molar-refractivity contribution < 1.29 is 9.59 Å². The second kappa shape index (κ2) is 5.15. The van der Waals surface area contributed by atoms with Crippen molar-refractivity contribution in [1.82, 2.24) is 4.90 Å². The van der Waals surface area contributed by atoms with Crippen molar-refractivity contribution in [3.63, 3.8) is 0 Å². The third-order valence-electron chi connectivity index (χ3n) is 4.73. The molecule has 0 radical (unpaired) electrons. The second-order valence-corrected chi connectivity index (χ2v) is 6.04. The average Bonchev–Trinajstić information content (AvgIpc) is 2.72. The van der Waals surface area contributed by atoms with E-state index < -0.39 is 11.7 Å². The Labute approximate surface area is 125 Å². The number of likely N-dealkylation sites (tertiary alicyclic amines) is 1. The van der Waals surface area contributed by atoms with E-state index in [2.05, 4.69) is 23.9 Å². The molecular weight excluding hydrogens is 266 g/mol. The molecule has 1 saturated heterocycles. The van der Waals surface area contributed by atoms with Crippen LogP contribution in [0.15, 0.2) is 18.2 Å². The quantitative estimate of drug-likeness (QED) is 0.771. The molecule has 0 atom stereocenters. The Kier molecular flexibility index (Phi) is 3.45. The van der Waals surface area contributed by atoms with Gasteiger partial charge in [0.05, 0.1) is 11.3 Å². The standard InChI is InChI=1S/C16H21N3O2/c1-17-8-6-11(7-9-17)18(2)12-4-5-13-14(10-12)19(3)16(21)15(13)20/h4-5,10-11H,6-9H2,1-3H3. The molecule has 0 saturated carbocycles. The largest absolute Gasteiger partial charge is 0.371 e. The predicted octanol–water partition coefficient (Wildman–Crippen LogP) is 1.38. The van der Waals surface area contributed by atoms with Gasteiger partial charge < -0.3 is 14.7 Å². The highest BCUT2D eigenvalue weighted by atomic mass is 16.2. The summed E-state index contributed by atoms with van der Waals surface area (Å²) in [5.41, 5.74) is 2.31. The normalized spacial score (nSPS) is 20.0. The van der Waals surface area contributed by atoms with Gasteiger partial charge in [0.15, 0.2) is 0 Å². The summed E-state index contributed by atoms with van der Waals surface area (Å²) in [6.45, 7) is 2.22. The first-order valence-electron chi connectivity index (χ1n) is 7.37. The summed E-state index contributed by atoms with van der Waals surface area (Å²) >= 11 is 0. The Morgan fingerprint density at radius 1 is 1.14 bits per heavy atom. The van der Waals surface area contributed by atoms with E-state index in [1.165, 1.54) is 4.90 Å². The third kappa shape index (κ3) is 2.31. The fraction of sp³-hybridized carbons (Fsp3) is 0.500. The van der Waals surface area contributed by atoms with Crippen LogP contribution in [0, 0.1) is 0 Å². The molecule has 5 nitrogen and oxygen atoms in total. The summed E-state index contributed by atoms with van der Waals surface area (Å²) in [7, 11) is 5.90. The van der Waals surface area contributed by atoms with E-state index in [0.717, 1.165) is 37.3 Å². The minimum Gasteiger partial charge on any atom is -0.371 e. The van der Waals surface area contributed by atoms with E-state index in [1.807, 2.05) is 12.1 Å². The number of nitrogens with zero attached hydrogens (tertiary/aromatic N) is 3. The molecule has 0 spiro atoms. The molecule has 0 unspecified atom stereocenters. The third-order valence-corrected chi connectivity index (χ3v) is 4.73. The molecule has 1 aromatic rings. The zero-order chi connectivity index (χ0) is 15.1. The molecule has 1 fully saturated rings. The molecule has 0 N–H and O–H groups in total. The molecular formula is C16H21N3O2. The number of amides is 1. The van der Waals surface area contributed by atoms with Gasteiger partial charge in [-0.3, -0.25) is 9.59 Å². The van der Waals surface area contributed by atoms with Crippen LogP contribution in [-0.2, 0) is 4.79 Å². The van der Waals surface area contributed by atoms with Crippen LogP contribution in [0.25, 0.3) is 0 Å². The van der Waals surface area contributed by atoms with Crippen LogP contribution in [0.1, 0.15) is 23.2 Å². The average molecular weight is 287 g/mol. The maximum Gasteiger partial charge on any atom is 0.299 e. The number of anilines is 2. The van der Waals surface area contributed by atoms with Crippen molar-refractivity contribution in [3.05, 3.63) is 23.8 Å². The monoisotopic (exact) mass is 287 g/mol. The number of rotatable bonds is 2. The maximum absolute atomic E-state index is 11.8. The number of fused-ring (bicyclic) bond motifs is 1. The van der Waals surface area contributed by atoms with Crippen molar-refractivity contribution in [2.75, 3.05) is 44.0 Å². The molecule has 21 heavy (non-hydrogen) atoms. The van der Waals surface area contributed by atoms with Gasteiger partial charge >= 0.3 is 0 Å². The number of hydrogen-bond acceptors (Lipinski definition) is 4. The maximum atomic E-state index is 11.8. The van der Waals surface area contributed by atoms with Crippen LogP contribution >= 0.6 is 0 Å². The van der Waals surface area contributed by atoms with Crippen molar-refractivity contribution in [2.45, 2.75) is 18.9 Å². The van der Waals surface area contributed by atoms with Crippen LogP contribution in [0.2, 0.25) is 0 Å². The number of carbonyl (C=O) groups is 2. The molecule has 1 amide bonds. The van der Waals surface area contributed by atoms with Gasteiger partial charge in [0.25, 0.3) is 11.7 Å². The number of Topliss-reactive ketones (excluding diaryl/α,β-unsaturated/α-hetero) is 1. The SMILES string of the molecule is CN1CCC(N(C)c2ccc3c(c2)N(C)C(=O)C3=O)CC1. The van der Waals surface area contributed by atoms with Gasteiger partial charge in [-0.2, -0.15) is 0 Å². The highest BCUT2D eigenvalue weighted by Gasteiger charge is 2.34. The van der Waals surface area contributed by atoms with E-state index in [1.54, 1.807) is 13.1 Å². The number of hydrogen-bond donors (Lipinski definition) is 0. The number of ketones is 1. The molecule has 2 heterocycles. The van der Waals surface area contributed by atoms with Gasteiger partial charge in [-0.15, -0.1) is 0 Å². The summed E-state index contributed by atoms with van der Waals surface area (Å²) in [6.07, 6.45) is 2.27. The fourth-order valence-electron chi connectivity index (χ4n) is 3.18. The zero-order valence-corrected chi connectivity index (χ0v) is 12.8. The van der Waals surface area contributed by atoms with E-state index in [9.17, 15) is 9.59 Å². The Morgan fingerprint density at radius 3 is 2.48 bits per heavy atom. The minimum atomic E-state index is -0.441. The Balaban J connectivity index is 1.84. The van der Waals surface area contributed by atoms with Gasteiger partial charge in [-0.05, 0) is 51.2 Å². The van der Waals surface area contributed by atoms with Gasteiger partial charge in [0.2, 0.25) is 0 Å². The lowest BCUT2D eigenvalue weighted by Crippen LogP contribution is -2.42. The topological polar surface area (TPSA) is 43.9 Å². The molecule has 0 bridgehead atoms. The zero-order valence-electron chi connectivity index (χ0n) is 12.8. The smallest absolute Gasteiger partial charge is 0.299 e. The Morgan fingerprint density at radius 2 is 1.81 bits per heavy atom. The van der Waals surface area contributed by atoms with Crippen molar-refractivity contribution in [3.8, 4) is 0 Å². The van der Waals surface area contributed by atoms with Crippen molar-refractivity contribution >= 4 is 23.1 Å². The van der Waals surface area contributed by atoms with Crippen LogP contribution in [0.3, 0.4) is 0 Å². The van der Waals surface area contributed by atoms with Crippen molar-refractivity contribution in [1.29, 1.82) is 0 Å². The first-order chi connectivity index (χ1) is 9.99. The lowest BCUT2D eigenvalue weighted by molar-refractivity contribution is -0.114. The highest BCUT2D eigenvalue weighted by molar-refractivity contribution is 6.52. The molecule has 0 aliphatic carbocycles. The van der Waals surface area contributed by atoms with Crippen LogP contribution in [0.4, 0.5) is 11.4 Å². The Bertz CT molecular complexity index is 591. The number of benzene rings is 1. The van der Waals surface area contributed by atoms with Gasteiger partial charge in [0, 0.05) is 25.8 Å². The van der Waals surface area contributed by atoms with E-state index in [-0.39, 0.29) is 0 Å². The minimum absolute atomic E-state index is 0.402. The molecule has 112 valence electrons. The molecule has 3 rings (SSSR count). The second-order valence-electron chi connectivity index (χ2n) is 6.04. The lowest BCUT2D eigenvalue weighted by Gasteiger charge is -2.36. The predicted molar refractivity (Wildman–Crippen MR) is 83.1 cm³/mol. The van der Waals surface area contributed by atoms with Gasteiger partial charge in [-0.1, -0.05) is 0 Å². The Hall–Kier alpha value is -1.88. The summed E-state index contributed by atoms with van der Waals surface area (Å²) in [5, 5.41) is 0. The molecule has 5 heteroatoms. The molecule has 1 aromatic carbocycles. The van der Waals surface area contributed by atoms with Crippen molar-refractivity contribution in [2.24, 2.45) is 0 Å². The summed E-state index contributed by atoms with van der Waals surface area (Å²) < 4.78 is 0.